The monoisotopic (exact) mass is 365 g/mol. The first-order valence-electron chi connectivity index (χ1n) is 6.29. The Balaban J connectivity index is 1.99. The van der Waals surface area contributed by atoms with Crippen LogP contribution in [0, 0.1) is 0 Å². The first-order valence-corrected chi connectivity index (χ1v) is 7.96. The van der Waals surface area contributed by atoms with Gasteiger partial charge < -0.3 is 4.74 Å². The van der Waals surface area contributed by atoms with Crippen LogP contribution in [0.4, 0.5) is 0 Å². The molecule has 0 N–H and O–H groups in total. The van der Waals surface area contributed by atoms with Crippen molar-refractivity contribution in [2.45, 2.75) is 6.54 Å². The fraction of sp³-hybridized carbons (Fsp3) is 0.214. The average Bonchev–Trinajstić information content (AvgIpc) is 3.10. The smallest absolute Gasteiger partial charge is 0.213 e. The molecule has 0 aliphatic rings. The van der Waals surface area contributed by atoms with Crippen LogP contribution in [-0.4, -0.2) is 34.3 Å². The van der Waals surface area contributed by atoms with Crippen molar-refractivity contribution in [1.29, 1.82) is 0 Å². The fourth-order valence-corrected chi connectivity index (χ4v) is 3.30. The van der Waals surface area contributed by atoms with Crippen LogP contribution >= 0.6 is 27.3 Å². The van der Waals surface area contributed by atoms with Gasteiger partial charge in [-0.25, -0.2) is 0 Å². The number of hydrogen-bond donors (Lipinski definition) is 0. The third-order valence-electron chi connectivity index (χ3n) is 3.08. The van der Waals surface area contributed by atoms with Crippen LogP contribution in [-0.2, 0) is 11.3 Å². The van der Waals surface area contributed by atoms with Crippen molar-refractivity contribution in [3.63, 3.8) is 0 Å². The number of aromatic nitrogens is 3. The summed E-state index contributed by atoms with van der Waals surface area (Å²) in [6.07, 6.45) is 3.23. The highest BCUT2D eigenvalue weighted by Gasteiger charge is 2.19. The molecular weight excluding hydrogens is 354 g/mol. The van der Waals surface area contributed by atoms with Crippen molar-refractivity contribution < 1.29 is 9.53 Å². The van der Waals surface area contributed by atoms with Gasteiger partial charge in [-0.2, -0.15) is 5.10 Å². The molecule has 0 amide bonds. The second-order valence-corrected chi connectivity index (χ2v) is 6.22. The zero-order chi connectivity index (χ0) is 14.8. The first kappa shape index (κ1) is 14.4. The lowest BCUT2D eigenvalue weighted by atomic mass is 10.1. The normalized spacial score (nSPS) is 11.1. The molecule has 0 aliphatic carbocycles. The standard InChI is InChI=1S/C14H12BrN3O2S/c1-20-4-3-18-13(10(15)8-17-18)14(19)9-6-12-11(16-7-9)2-5-21-12/h2,5-8H,3-4H2,1H3. The minimum Gasteiger partial charge on any atom is -0.383 e. The van der Waals surface area contributed by atoms with Crippen molar-refractivity contribution in [3.8, 4) is 0 Å². The van der Waals surface area contributed by atoms with Gasteiger partial charge in [0.05, 0.1) is 34.0 Å². The molecule has 0 spiro atoms. The van der Waals surface area contributed by atoms with E-state index >= 15 is 0 Å². The van der Waals surface area contributed by atoms with Gasteiger partial charge in [0.2, 0.25) is 5.78 Å². The van der Waals surface area contributed by atoms with Crippen LogP contribution < -0.4 is 0 Å². The molecule has 7 heteroatoms. The maximum absolute atomic E-state index is 12.7. The Morgan fingerprint density at radius 1 is 1.48 bits per heavy atom. The number of rotatable bonds is 5. The molecule has 0 radical (unpaired) electrons. The number of ether oxygens (including phenoxy) is 1. The summed E-state index contributed by atoms with van der Waals surface area (Å²) >= 11 is 4.96. The highest BCUT2D eigenvalue weighted by atomic mass is 79.9. The van der Waals surface area contributed by atoms with Crippen molar-refractivity contribution in [2.24, 2.45) is 0 Å². The van der Waals surface area contributed by atoms with E-state index in [0.29, 0.717) is 28.9 Å². The summed E-state index contributed by atoms with van der Waals surface area (Å²) in [5.74, 6) is -0.0988. The molecule has 3 heterocycles. The van der Waals surface area contributed by atoms with Gasteiger partial charge in [0.1, 0.15) is 5.69 Å². The van der Waals surface area contributed by atoms with E-state index in [4.69, 9.17) is 4.74 Å². The molecule has 0 saturated carbocycles. The van der Waals surface area contributed by atoms with E-state index in [1.165, 1.54) is 0 Å². The zero-order valence-corrected chi connectivity index (χ0v) is 13.6. The number of thiophene rings is 1. The molecule has 0 aliphatic heterocycles. The molecule has 0 saturated heterocycles. The Morgan fingerprint density at radius 3 is 3.14 bits per heavy atom. The quantitative estimate of drug-likeness (QED) is 0.651. The molecule has 108 valence electrons. The molecular formula is C14H12BrN3O2S. The highest BCUT2D eigenvalue weighted by molar-refractivity contribution is 9.10. The van der Waals surface area contributed by atoms with E-state index in [1.54, 1.807) is 35.5 Å². The molecule has 21 heavy (non-hydrogen) atoms. The van der Waals surface area contributed by atoms with E-state index in [-0.39, 0.29) is 5.78 Å². The highest BCUT2D eigenvalue weighted by Crippen LogP contribution is 2.23. The first-order chi connectivity index (χ1) is 10.2. The number of nitrogens with zero attached hydrogens (tertiary/aromatic N) is 3. The predicted molar refractivity (Wildman–Crippen MR) is 84.9 cm³/mol. The number of hydrogen-bond acceptors (Lipinski definition) is 5. The number of halogens is 1. The minimum atomic E-state index is -0.0988. The molecule has 3 aromatic heterocycles. The van der Waals surface area contributed by atoms with Gasteiger partial charge in [-0.05, 0) is 33.4 Å². The maximum atomic E-state index is 12.7. The molecule has 0 atom stereocenters. The lowest BCUT2D eigenvalue weighted by Crippen LogP contribution is -2.15. The van der Waals surface area contributed by atoms with E-state index < -0.39 is 0 Å². The summed E-state index contributed by atoms with van der Waals surface area (Å²) in [5.41, 5.74) is 1.98. The van der Waals surface area contributed by atoms with E-state index in [2.05, 4.69) is 26.0 Å². The summed E-state index contributed by atoms with van der Waals surface area (Å²) in [6, 6.07) is 3.81. The van der Waals surface area contributed by atoms with Crippen LogP contribution in [0.15, 0.2) is 34.4 Å². The Hall–Kier alpha value is -1.57. The Bertz CT molecular complexity index is 796. The summed E-state index contributed by atoms with van der Waals surface area (Å²) < 4.78 is 8.37. The fourth-order valence-electron chi connectivity index (χ4n) is 2.04. The van der Waals surface area contributed by atoms with Crippen molar-refractivity contribution in [3.05, 3.63) is 45.6 Å². The third-order valence-corrected chi connectivity index (χ3v) is 4.52. The molecule has 0 unspecified atom stereocenters. The third kappa shape index (κ3) is 2.76. The number of carbonyl (C=O) groups excluding carboxylic acids is 1. The largest absolute Gasteiger partial charge is 0.383 e. The van der Waals surface area contributed by atoms with Gasteiger partial charge in [0.25, 0.3) is 0 Å². The lowest BCUT2D eigenvalue weighted by Gasteiger charge is -2.07. The van der Waals surface area contributed by atoms with Gasteiger partial charge in [-0.3, -0.25) is 14.5 Å². The number of ketones is 1. The average molecular weight is 366 g/mol. The molecule has 5 nitrogen and oxygen atoms in total. The van der Waals surface area contributed by atoms with E-state index in [1.807, 2.05) is 17.5 Å². The number of methoxy groups -OCH3 is 1. The van der Waals surface area contributed by atoms with Gasteiger partial charge in [0, 0.05) is 18.9 Å². The summed E-state index contributed by atoms with van der Waals surface area (Å²) in [5, 5.41) is 6.17. The minimum absolute atomic E-state index is 0.0988. The molecule has 0 aromatic carbocycles. The SMILES string of the molecule is COCCn1ncc(Br)c1C(=O)c1cnc2ccsc2c1. The van der Waals surface area contributed by atoms with Crippen LogP contribution in [0.2, 0.25) is 0 Å². The van der Waals surface area contributed by atoms with Crippen molar-refractivity contribution in [1.82, 2.24) is 14.8 Å². The lowest BCUT2D eigenvalue weighted by molar-refractivity contribution is 0.102. The number of fused-ring (bicyclic) bond motifs is 1. The summed E-state index contributed by atoms with van der Waals surface area (Å²) in [4.78, 5) is 17.0. The van der Waals surface area contributed by atoms with E-state index in [9.17, 15) is 4.79 Å². The second-order valence-electron chi connectivity index (χ2n) is 4.41. The van der Waals surface area contributed by atoms with Crippen molar-refractivity contribution in [2.75, 3.05) is 13.7 Å². The summed E-state index contributed by atoms with van der Waals surface area (Å²) in [6.45, 7) is 1.02. The van der Waals surface area contributed by atoms with Gasteiger partial charge in [-0.15, -0.1) is 11.3 Å². The topological polar surface area (TPSA) is 57.0 Å². The van der Waals surface area contributed by atoms with Crippen molar-refractivity contribution >= 4 is 43.3 Å². The van der Waals surface area contributed by atoms with Crippen LogP contribution in [0.5, 0.6) is 0 Å². The Morgan fingerprint density at radius 2 is 2.33 bits per heavy atom. The maximum Gasteiger partial charge on any atom is 0.213 e. The molecule has 3 aromatic rings. The molecule has 3 rings (SSSR count). The van der Waals surface area contributed by atoms with Gasteiger partial charge >= 0.3 is 0 Å². The van der Waals surface area contributed by atoms with Gasteiger partial charge in [0.15, 0.2) is 0 Å². The number of pyridine rings is 1. The van der Waals surface area contributed by atoms with Crippen LogP contribution in [0.1, 0.15) is 16.1 Å². The Labute approximate surface area is 133 Å². The van der Waals surface area contributed by atoms with Gasteiger partial charge in [-0.1, -0.05) is 0 Å². The van der Waals surface area contributed by atoms with E-state index in [0.717, 1.165) is 10.2 Å². The zero-order valence-electron chi connectivity index (χ0n) is 11.2. The molecule has 0 fully saturated rings. The predicted octanol–water partition coefficient (Wildman–Crippen LogP) is 3.13. The summed E-state index contributed by atoms with van der Waals surface area (Å²) in [7, 11) is 1.62. The molecule has 0 bridgehead atoms. The van der Waals surface area contributed by atoms with Crippen LogP contribution in [0.25, 0.3) is 10.2 Å². The Kier molecular flexibility index (Phi) is 4.14. The second kappa shape index (κ2) is 6.05. The van der Waals surface area contributed by atoms with Crippen LogP contribution in [0.3, 0.4) is 0 Å². The number of carbonyl (C=O) groups is 1.